The Morgan fingerprint density at radius 1 is 0.941 bits per heavy atom. The van der Waals surface area contributed by atoms with Gasteiger partial charge in [-0.1, -0.05) is 56.2 Å². The molecule has 0 bridgehead atoms. The summed E-state index contributed by atoms with van der Waals surface area (Å²) >= 11 is 0. The first-order valence-corrected chi connectivity index (χ1v) is 6.58. The lowest BCUT2D eigenvalue weighted by Gasteiger charge is -2.23. The van der Waals surface area contributed by atoms with E-state index < -0.39 is 0 Å². The highest BCUT2D eigenvalue weighted by atomic mass is 14.9. The third-order valence-electron chi connectivity index (χ3n) is 3.82. The van der Waals surface area contributed by atoms with Gasteiger partial charge in [0.15, 0.2) is 0 Å². The fourth-order valence-corrected chi connectivity index (χ4v) is 2.81. The molecule has 1 aromatic rings. The maximum atomic E-state index is 3.46. The van der Waals surface area contributed by atoms with Crippen LogP contribution in [0.4, 0.5) is 0 Å². The minimum absolute atomic E-state index is 0. The van der Waals surface area contributed by atoms with Crippen molar-refractivity contribution in [1.82, 2.24) is 5.32 Å². The lowest BCUT2D eigenvalue weighted by molar-refractivity contribution is 0.299. The van der Waals surface area contributed by atoms with E-state index in [0.29, 0.717) is 0 Å². The van der Waals surface area contributed by atoms with Crippen LogP contribution < -0.4 is 5.32 Å². The van der Waals surface area contributed by atoms with E-state index in [1.54, 1.807) is 0 Å². The largest absolute Gasteiger partial charge is 0.316 e. The van der Waals surface area contributed by atoms with Crippen LogP contribution in [0.5, 0.6) is 0 Å². The van der Waals surface area contributed by atoms with Crippen molar-refractivity contribution < 1.29 is 0 Å². The summed E-state index contributed by atoms with van der Waals surface area (Å²) in [5.41, 5.74) is 1.32. The SMILES string of the molecule is C.C1CCC2CNCC2C1.Cc1ccccc1. The van der Waals surface area contributed by atoms with Gasteiger partial charge >= 0.3 is 0 Å². The van der Waals surface area contributed by atoms with E-state index in [1.807, 2.05) is 18.2 Å². The second-order valence-corrected chi connectivity index (χ2v) is 5.12. The second kappa shape index (κ2) is 7.50. The van der Waals surface area contributed by atoms with Crippen LogP contribution in [0.1, 0.15) is 38.7 Å². The Hall–Kier alpha value is -0.820. The van der Waals surface area contributed by atoms with E-state index in [0.717, 1.165) is 11.8 Å². The first-order chi connectivity index (χ1) is 7.86. The van der Waals surface area contributed by atoms with Crippen LogP contribution in [0, 0.1) is 18.8 Å². The van der Waals surface area contributed by atoms with Crippen molar-refractivity contribution in [3.63, 3.8) is 0 Å². The monoisotopic (exact) mass is 233 g/mol. The van der Waals surface area contributed by atoms with Gasteiger partial charge in [-0.15, -0.1) is 0 Å². The molecule has 1 N–H and O–H groups in total. The Morgan fingerprint density at radius 3 is 1.88 bits per heavy atom. The molecule has 0 spiro atoms. The lowest BCUT2D eigenvalue weighted by atomic mass is 9.82. The number of hydrogen-bond donors (Lipinski definition) is 1. The molecule has 3 rings (SSSR count). The topological polar surface area (TPSA) is 12.0 Å². The van der Waals surface area contributed by atoms with E-state index >= 15 is 0 Å². The Morgan fingerprint density at radius 2 is 1.47 bits per heavy atom. The van der Waals surface area contributed by atoms with Crippen LogP contribution in [0.15, 0.2) is 30.3 Å². The zero-order valence-corrected chi connectivity index (χ0v) is 10.3. The lowest BCUT2D eigenvalue weighted by Crippen LogP contribution is -2.16. The maximum absolute atomic E-state index is 3.46. The summed E-state index contributed by atoms with van der Waals surface area (Å²) in [6.45, 7) is 4.70. The van der Waals surface area contributed by atoms with Crippen LogP contribution in [0.25, 0.3) is 0 Å². The van der Waals surface area contributed by atoms with Crippen molar-refractivity contribution in [2.45, 2.75) is 40.0 Å². The van der Waals surface area contributed by atoms with E-state index in [-0.39, 0.29) is 7.43 Å². The van der Waals surface area contributed by atoms with E-state index in [1.165, 1.54) is 44.3 Å². The number of nitrogens with one attached hydrogen (secondary N) is 1. The standard InChI is InChI=1S/C8H15N.C7H8.CH4/c1-2-4-8-6-9-5-7(8)3-1;1-7-5-3-2-4-6-7;/h7-9H,1-6H2;2-6H,1H3;1H4. The average molecular weight is 233 g/mol. The smallest absolute Gasteiger partial charge is 0.00173 e. The van der Waals surface area contributed by atoms with Gasteiger partial charge in [-0.3, -0.25) is 0 Å². The van der Waals surface area contributed by atoms with Gasteiger partial charge < -0.3 is 5.32 Å². The third-order valence-corrected chi connectivity index (χ3v) is 3.82. The zero-order chi connectivity index (χ0) is 11.2. The molecule has 96 valence electrons. The number of hydrogen-bond acceptors (Lipinski definition) is 1. The molecule has 1 saturated heterocycles. The van der Waals surface area contributed by atoms with Gasteiger partial charge in [0, 0.05) is 0 Å². The predicted molar refractivity (Wildman–Crippen MR) is 76.2 cm³/mol. The minimum atomic E-state index is 0. The van der Waals surface area contributed by atoms with Gasteiger partial charge in [0.1, 0.15) is 0 Å². The van der Waals surface area contributed by atoms with E-state index in [4.69, 9.17) is 0 Å². The zero-order valence-electron chi connectivity index (χ0n) is 10.3. The summed E-state index contributed by atoms with van der Waals surface area (Å²) in [5.74, 6) is 2.11. The normalized spacial score (nSPS) is 26.2. The van der Waals surface area contributed by atoms with Gasteiger partial charge in [-0.05, 0) is 44.7 Å². The first-order valence-electron chi connectivity index (χ1n) is 6.58. The first kappa shape index (κ1) is 14.2. The van der Waals surface area contributed by atoms with Gasteiger partial charge in [0.25, 0.3) is 0 Å². The molecule has 2 aliphatic rings. The van der Waals surface area contributed by atoms with Crippen LogP contribution in [-0.2, 0) is 0 Å². The highest BCUT2D eigenvalue weighted by molar-refractivity contribution is 5.11. The molecule has 17 heavy (non-hydrogen) atoms. The summed E-state index contributed by atoms with van der Waals surface area (Å²) in [6.07, 6.45) is 5.97. The summed E-state index contributed by atoms with van der Waals surface area (Å²) < 4.78 is 0. The number of fused-ring (bicyclic) bond motifs is 1. The summed E-state index contributed by atoms with van der Waals surface area (Å²) in [4.78, 5) is 0. The van der Waals surface area contributed by atoms with Gasteiger partial charge in [-0.25, -0.2) is 0 Å². The van der Waals surface area contributed by atoms with E-state index in [2.05, 4.69) is 24.4 Å². The molecule has 2 atom stereocenters. The average Bonchev–Trinajstić information content (AvgIpc) is 2.79. The van der Waals surface area contributed by atoms with E-state index in [9.17, 15) is 0 Å². The molecule has 1 saturated carbocycles. The molecule has 0 aromatic heterocycles. The number of aryl methyl sites for hydroxylation is 1. The van der Waals surface area contributed by atoms with Crippen LogP contribution in [-0.4, -0.2) is 13.1 Å². The fourth-order valence-electron chi connectivity index (χ4n) is 2.81. The van der Waals surface area contributed by atoms with Gasteiger partial charge in [0.2, 0.25) is 0 Å². The van der Waals surface area contributed by atoms with Crippen molar-refractivity contribution in [2.75, 3.05) is 13.1 Å². The molecular formula is C16H27N. The molecule has 2 unspecified atom stereocenters. The van der Waals surface area contributed by atoms with Crippen molar-refractivity contribution in [3.8, 4) is 0 Å². The molecule has 1 aromatic carbocycles. The summed E-state index contributed by atoms with van der Waals surface area (Å²) in [5, 5.41) is 3.46. The van der Waals surface area contributed by atoms with Crippen LogP contribution >= 0.6 is 0 Å². The third kappa shape index (κ3) is 4.51. The molecule has 1 aliphatic carbocycles. The molecule has 0 amide bonds. The van der Waals surface area contributed by atoms with Crippen molar-refractivity contribution >= 4 is 0 Å². The predicted octanol–water partition coefficient (Wildman–Crippen LogP) is 4.03. The molecule has 1 nitrogen and oxygen atoms in total. The Labute approximate surface area is 107 Å². The van der Waals surface area contributed by atoms with Crippen LogP contribution in [0.3, 0.4) is 0 Å². The Bertz CT molecular complexity index is 282. The fraction of sp³-hybridized carbons (Fsp3) is 0.625. The van der Waals surface area contributed by atoms with Gasteiger partial charge in [0.05, 0.1) is 0 Å². The van der Waals surface area contributed by atoms with Crippen molar-refractivity contribution in [3.05, 3.63) is 35.9 Å². The Kier molecular flexibility index (Phi) is 6.28. The number of rotatable bonds is 0. The number of benzene rings is 1. The second-order valence-electron chi connectivity index (χ2n) is 5.12. The molecule has 1 heterocycles. The van der Waals surface area contributed by atoms with Gasteiger partial charge in [-0.2, -0.15) is 0 Å². The Balaban J connectivity index is 0.000000166. The summed E-state index contributed by atoms with van der Waals surface area (Å²) in [7, 11) is 0. The maximum Gasteiger partial charge on any atom is -0.00173 e. The quantitative estimate of drug-likeness (QED) is 0.713. The minimum Gasteiger partial charge on any atom is -0.316 e. The molecule has 2 fully saturated rings. The van der Waals surface area contributed by atoms with Crippen molar-refractivity contribution in [1.29, 1.82) is 0 Å². The molecule has 1 aliphatic heterocycles. The highest BCUT2D eigenvalue weighted by Crippen LogP contribution is 2.31. The van der Waals surface area contributed by atoms with Crippen molar-refractivity contribution in [2.24, 2.45) is 11.8 Å². The summed E-state index contributed by atoms with van der Waals surface area (Å²) in [6, 6.07) is 10.3. The molecule has 0 radical (unpaired) electrons. The highest BCUT2D eigenvalue weighted by Gasteiger charge is 2.28. The molecule has 1 heteroatoms. The van der Waals surface area contributed by atoms with Crippen LogP contribution in [0.2, 0.25) is 0 Å². The molecular weight excluding hydrogens is 206 g/mol.